The van der Waals surface area contributed by atoms with Gasteiger partial charge >= 0.3 is 0 Å². The number of hydrogen-bond acceptors (Lipinski definition) is 4. The molecule has 0 radical (unpaired) electrons. The molecule has 1 aromatic carbocycles. The van der Waals surface area contributed by atoms with E-state index in [1.165, 1.54) is 18.4 Å². The summed E-state index contributed by atoms with van der Waals surface area (Å²) in [6.45, 7) is 9.66. The van der Waals surface area contributed by atoms with Crippen LogP contribution >= 0.6 is 0 Å². The third-order valence-electron chi connectivity index (χ3n) is 5.01. The molecule has 1 aliphatic rings. The molecule has 1 fully saturated rings. The van der Waals surface area contributed by atoms with Crippen molar-refractivity contribution in [1.29, 1.82) is 0 Å². The quantitative estimate of drug-likeness (QED) is 0.827. The Morgan fingerprint density at radius 3 is 2.52 bits per heavy atom. The second-order valence-electron chi connectivity index (χ2n) is 6.68. The second kappa shape index (κ2) is 8.86. The molecule has 4 nitrogen and oxygen atoms in total. The minimum atomic E-state index is 0.573. The van der Waals surface area contributed by atoms with Crippen LogP contribution in [0.4, 0.5) is 11.5 Å². The molecule has 134 valence electrons. The van der Waals surface area contributed by atoms with Crippen molar-refractivity contribution >= 4 is 11.5 Å². The lowest BCUT2D eigenvalue weighted by atomic mass is 10.0. The number of piperidine rings is 1. The van der Waals surface area contributed by atoms with E-state index in [0.29, 0.717) is 6.04 Å². The molecule has 4 heteroatoms. The zero-order valence-electron chi connectivity index (χ0n) is 15.5. The maximum Gasteiger partial charge on any atom is 0.152 e. The maximum atomic E-state index is 4.68. The largest absolute Gasteiger partial charge is 0.382 e. The van der Waals surface area contributed by atoms with Crippen LogP contribution < -0.4 is 10.2 Å². The van der Waals surface area contributed by atoms with E-state index >= 15 is 0 Å². The van der Waals surface area contributed by atoms with Gasteiger partial charge in [-0.15, -0.1) is 0 Å². The van der Waals surface area contributed by atoms with Crippen molar-refractivity contribution in [3.8, 4) is 0 Å². The van der Waals surface area contributed by atoms with Crippen molar-refractivity contribution < 1.29 is 0 Å². The number of likely N-dealkylation sites (tertiary alicyclic amines) is 1. The van der Waals surface area contributed by atoms with Crippen LogP contribution in [-0.2, 0) is 6.54 Å². The summed E-state index contributed by atoms with van der Waals surface area (Å²) in [4.78, 5) is 9.74. The van der Waals surface area contributed by atoms with Gasteiger partial charge in [-0.05, 0) is 44.4 Å². The van der Waals surface area contributed by atoms with Crippen molar-refractivity contribution in [2.75, 3.05) is 36.4 Å². The van der Waals surface area contributed by atoms with Crippen molar-refractivity contribution in [3.05, 3.63) is 54.2 Å². The summed E-state index contributed by atoms with van der Waals surface area (Å²) >= 11 is 0. The van der Waals surface area contributed by atoms with Crippen molar-refractivity contribution in [2.45, 2.75) is 39.3 Å². The molecule has 25 heavy (non-hydrogen) atoms. The lowest BCUT2D eigenvalue weighted by Crippen LogP contribution is -2.45. The summed E-state index contributed by atoms with van der Waals surface area (Å²) in [7, 11) is 0. The van der Waals surface area contributed by atoms with E-state index in [9.17, 15) is 0 Å². The van der Waals surface area contributed by atoms with Gasteiger partial charge in [0, 0.05) is 45.0 Å². The zero-order valence-corrected chi connectivity index (χ0v) is 15.5. The lowest BCUT2D eigenvalue weighted by Gasteiger charge is -2.39. The van der Waals surface area contributed by atoms with Gasteiger partial charge < -0.3 is 10.2 Å². The van der Waals surface area contributed by atoms with Crippen LogP contribution in [0.3, 0.4) is 0 Å². The number of benzene rings is 1. The van der Waals surface area contributed by atoms with E-state index < -0.39 is 0 Å². The van der Waals surface area contributed by atoms with Gasteiger partial charge in [0.05, 0.1) is 5.69 Å². The predicted octanol–water partition coefficient (Wildman–Crippen LogP) is 4.00. The van der Waals surface area contributed by atoms with E-state index in [2.05, 4.69) is 70.3 Å². The lowest BCUT2D eigenvalue weighted by molar-refractivity contribution is 0.201. The molecule has 0 spiro atoms. The molecule has 2 heterocycles. The summed E-state index contributed by atoms with van der Waals surface area (Å²) in [5.74, 6) is 1.10. The molecule has 0 atom stereocenters. The highest BCUT2D eigenvalue weighted by molar-refractivity contribution is 5.65. The number of anilines is 2. The van der Waals surface area contributed by atoms with Gasteiger partial charge in [-0.25, -0.2) is 4.98 Å². The Hall–Kier alpha value is -2.07. The van der Waals surface area contributed by atoms with Gasteiger partial charge in [-0.2, -0.15) is 0 Å². The fourth-order valence-corrected chi connectivity index (χ4v) is 3.77. The second-order valence-corrected chi connectivity index (χ2v) is 6.68. The fraction of sp³-hybridized carbons (Fsp3) is 0.476. The average molecular weight is 338 g/mol. The molecule has 0 aliphatic carbocycles. The molecular formula is C21H30N4. The molecule has 1 aliphatic heterocycles. The Morgan fingerprint density at radius 2 is 1.84 bits per heavy atom. The molecule has 2 aromatic rings. The summed E-state index contributed by atoms with van der Waals surface area (Å²) in [6.07, 6.45) is 4.30. The van der Waals surface area contributed by atoms with E-state index in [1.807, 2.05) is 12.3 Å². The Labute approximate surface area is 151 Å². The fourth-order valence-electron chi connectivity index (χ4n) is 3.77. The topological polar surface area (TPSA) is 31.4 Å². The molecule has 3 rings (SSSR count). The van der Waals surface area contributed by atoms with Gasteiger partial charge in [0.25, 0.3) is 0 Å². The van der Waals surface area contributed by atoms with Gasteiger partial charge in [0.1, 0.15) is 0 Å². The molecule has 0 unspecified atom stereocenters. The highest BCUT2D eigenvalue weighted by Crippen LogP contribution is 2.28. The molecular weight excluding hydrogens is 308 g/mol. The summed E-state index contributed by atoms with van der Waals surface area (Å²) in [6, 6.07) is 15.5. The van der Waals surface area contributed by atoms with Crippen LogP contribution in [0.2, 0.25) is 0 Å². The number of rotatable bonds is 7. The first-order valence-corrected chi connectivity index (χ1v) is 9.53. The Bertz CT molecular complexity index is 635. The first kappa shape index (κ1) is 17.7. The van der Waals surface area contributed by atoms with Crippen molar-refractivity contribution in [2.24, 2.45) is 0 Å². The van der Waals surface area contributed by atoms with Crippen LogP contribution in [0, 0.1) is 0 Å². The van der Waals surface area contributed by atoms with E-state index in [0.717, 1.165) is 44.2 Å². The van der Waals surface area contributed by atoms with Gasteiger partial charge in [0.2, 0.25) is 0 Å². The average Bonchev–Trinajstić information content (AvgIpc) is 2.66. The zero-order chi connectivity index (χ0) is 17.5. The smallest absolute Gasteiger partial charge is 0.152 e. The summed E-state index contributed by atoms with van der Waals surface area (Å²) < 4.78 is 0. The number of pyridine rings is 1. The molecule has 0 amide bonds. The highest BCUT2D eigenvalue weighted by Gasteiger charge is 2.25. The first-order chi connectivity index (χ1) is 12.3. The Morgan fingerprint density at radius 1 is 1.08 bits per heavy atom. The van der Waals surface area contributed by atoms with Gasteiger partial charge in [-0.3, -0.25) is 4.90 Å². The van der Waals surface area contributed by atoms with E-state index in [1.54, 1.807) is 0 Å². The number of nitrogens with one attached hydrogen (secondary N) is 1. The third-order valence-corrected chi connectivity index (χ3v) is 5.01. The number of aromatic nitrogens is 1. The number of hydrogen-bond donors (Lipinski definition) is 1. The molecule has 0 saturated carbocycles. The molecule has 1 N–H and O–H groups in total. The molecule has 0 bridgehead atoms. The van der Waals surface area contributed by atoms with Crippen molar-refractivity contribution in [3.63, 3.8) is 0 Å². The van der Waals surface area contributed by atoms with Crippen LogP contribution in [0.25, 0.3) is 0 Å². The Balaban J connectivity index is 1.63. The van der Waals surface area contributed by atoms with Gasteiger partial charge in [0.15, 0.2) is 5.82 Å². The molecule has 1 saturated heterocycles. The van der Waals surface area contributed by atoms with Gasteiger partial charge in [-0.1, -0.05) is 30.3 Å². The monoisotopic (exact) mass is 338 g/mol. The van der Waals surface area contributed by atoms with Crippen LogP contribution in [0.15, 0.2) is 48.7 Å². The van der Waals surface area contributed by atoms with Crippen molar-refractivity contribution in [1.82, 2.24) is 9.88 Å². The SMILES string of the molecule is CCNc1cccnc1N(CC)C1CCN(Cc2ccccc2)CC1. The normalized spacial score (nSPS) is 15.9. The minimum Gasteiger partial charge on any atom is -0.382 e. The van der Waals surface area contributed by atoms with Crippen LogP contribution in [0.1, 0.15) is 32.3 Å². The Kier molecular flexibility index (Phi) is 6.29. The van der Waals surface area contributed by atoms with Crippen LogP contribution in [0.5, 0.6) is 0 Å². The van der Waals surface area contributed by atoms with E-state index in [4.69, 9.17) is 0 Å². The van der Waals surface area contributed by atoms with Crippen LogP contribution in [-0.4, -0.2) is 42.1 Å². The first-order valence-electron chi connectivity index (χ1n) is 9.53. The standard InChI is InChI=1S/C21H30N4/c1-3-22-20-11-8-14-23-21(20)25(4-2)19-12-15-24(16-13-19)17-18-9-6-5-7-10-18/h5-11,14,19,22H,3-4,12-13,15-17H2,1-2H3. The molecule has 1 aromatic heterocycles. The number of nitrogens with zero attached hydrogens (tertiary/aromatic N) is 3. The summed E-state index contributed by atoms with van der Waals surface area (Å²) in [5.41, 5.74) is 2.56. The summed E-state index contributed by atoms with van der Waals surface area (Å²) in [5, 5.41) is 3.46. The third kappa shape index (κ3) is 4.51. The minimum absolute atomic E-state index is 0.573. The maximum absolute atomic E-state index is 4.68. The predicted molar refractivity (Wildman–Crippen MR) is 106 cm³/mol. The van der Waals surface area contributed by atoms with E-state index in [-0.39, 0.29) is 0 Å². The highest BCUT2D eigenvalue weighted by atomic mass is 15.2.